The van der Waals surface area contributed by atoms with Crippen LogP contribution in [0.25, 0.3) is 0 Å². The fourth-order valence-electron chi connectivity index (χ4n) is 3.62. The number of rotatable bonds is 11. The number of anilines is 1. The number of benzene rings is 2. The molecule has 2 aromatic rings. The lowest BCUT2D eigenvalue weighted by atomic mass is 10.1. The average Bonchev–Trinajstić information content (AvgIpc) is 3.14. The Bertz CT molecular complexity index is 1210. The van der Waals surface area contributed by atoms with E-state index in [-0.39, 0.29) is 44.2 Å². The fraction of sp³-hybridized carbons (Fsp3) is 0.333. The third-order valence-corrected chi connectivity index (χ3v) is 7.30. The SMILES string of the molecule is COc1ccc(NC(=O)COC(=O)CCCCCN2C(=O)c3c(Cl)c(Cl)c(Cl)c(Cl)c3C2=O)c(OC)c1. The van der Waals surface area contributed by atoms with Crippen molar-refractivity contribution in [3.05, 3.63) is 49.4 Å². The van der Waals surface area contributed by atoms with E-state index in [0.717, 1.165) is 4.90 Å². The predicted octanol–water partition coefficient (Wildman–Crippen LogP) is 5.66. The van der Waals surface area contributed by atoms with Gasteiger partial charge >= 0.3 is 5.97 Å². The highest BCUT2D eigenvalue weighted by molar-refractivity contribution is 6.55. The molecule has 13 heteroatoms. The molecule has 2 aromatic carbocycles. The van der Waals surface area contributed by atoms with E-state index in [0.29, 0.717) is 36.4 Å². The summed E-state index contributed by atoms with van der Waals surface area (Å²) < 4.78 is 15.3. The molecule has 0 saturated heterocycles. The highest BCUT2D eigenvalue weighted by atomic mass is 35.5. The van der Waals surface area contributed by atoms with Crippen LogP contribution >= 0.6 is 46.4 Å². The van der Waals surface area contributed by atoms with Gasteiger partial charge in [-0.15, -0.1) is 0 Å². The van der Waals surface area contributed by atoms with Crippen LogP contribution in [-0.4, -0.2) is 56.0 Å². The molecule has 1 N–H and O–H groups in total. The second-order valence-corrected chi connectivity index (χ2v) is 9.37. The number of fused-ring (bicyclic) bond motifs is 1. The van der Waals surface area contributed by atoms with E-state index in [1.54, 1.807) is 18.2 Å². The first-order valence-corrected chi connectivity index (χ1v) is 12.5. The summed E-state index contributed by atoms with van der Waals surface area (Å²) in [6.07, 6.45) is 1.42. The first kappa shape index (κ1) is 28.8. The highest BCUT2D eigenvalue weighted by Gasteiger charge is 2.41. The molecule has 1 aliphatic rings. The van der Waals surface area contributed by atoms with Crippen molar-refractivity contribution in [2.45, 2.75) is 25.7 Å². The Balaban J connectivity index is 1.41. The molecule has 0 aliphatic carbocycles. The Morgan fingerprint density at radius 3 is 2.05 bits per heavy atom. The zero-order valence-electron chi connectivity index (χ0n) is 19.8. The molecule has 1 aliphatic heterocycles. The number of nitrogens with one attached hydrogen (secondary N) is 1. The molecular formula is C24H22Cl4N2O7. The van der Waals surface area contributed by atoms with Crippen molar-refractivity contribution >= 4 is 75.8 Å². The van der Waals surface area contributed by atoms with E-state index in [9.17, 15) is 19.2 Å². The van der Waals surface area contributed by atoms with E-state index in [2.05, 4.69) is 5.32 Å². The van der Waals surface area contributed by atoms with Gasteiger partial charge in [-0.25, -0.2) is 0 Å². The average molecular weight is 592 g/mol. The molecular weight excluding hydrogens is 570 g/mol. The number of imide groups is 1. The van der Waals surface area contributed by atoms with Crippen molar-refractivity contribution in [2.75, 3.05) is 32.7 Å². The number of amides is 3. The van der Waals surface area contributed by atoms with Crippen LogP contribution in [0.4, 0.5) is 5.69 Å². The second-order valence-electron chi connectivity index (χ2n) is 7.85. The van der Waals surface area contributed by atoms with Crippen LogP contribution in [-0.2, 0) is 14.3 Å². The van der Waals surface area contributed by atoms with E-state index >= 15 is 0 Å². The van der Waals surface area contributed by atoms with Gasteiger partial charge in [-0.05, 0) is 25.0 Å². The summed E-state index contributed by atoms with van der Waals surface area (Å²) in [5.41, 5.74) is 0.269. The number of ether oxygens (including phenoxy) is 3. The normalized spacial score (nSPS) is 12.4. The number of unbranched alkanes of at least 4 members (excludes halogenated alkanes) is 2. The van der Waals surface area contributed by atoms with Crippen LogP contribution < -0.4 is 14.8 Å². The lowest BCUT2D eigenvalue weighted by Gasteiger charge is -2.13. The van der Waals surface area contributed by atoms with Gasteiger partial charge in [0, 0.05) is 19.0 Å². The van der Waals surface area contributed by atoms with Crippen molar-refractivity contribution in [1.29, 1.82) is 0 Å². The smallest absolute Gasteiger partial charge is 0.306 e. The molecule has 0 fully saturated rings. The number of esters is 1. The van der Waals surface area contributed by atoms with Gasteiger partial charge < -0.3 is 19.5 Å². The minimum absolute atomic E-state index is 0.0597. The van der Waals surface area contributed by atoms with Gasteiger partial charge in [-0.3, -0.25) is 24.1 Å². The standard InChI is InChI=1S/C24H22Cl4N2O7/c1-35-12-7-8-13(14(10-12)36-2)29-15(31)11-37-16(32)6-4-3-5-9-30-23(33)17-18(24(30)34)20(26)22(28)21(27)19(17)25/h7-8,10H,3-6,9,11H2,1-2H3,(H,29,31). The van der Waals surface area contributed by atoms with Crippen LogP contribution in [0, 0.1) is 0 Å². The quantitative estimate of drug-likeness (QED) is 0.118. The van der Waals surface area contributed by atoms with Crippen molar-refractivity contribution in [3.63, 3.8) is 0 Å². The molecule has 3 amide bonds. The Morgan fingerprint density at radius 1 is 0.865 bits per heavy atom. The number of nitrogens with zero attached hydrogens (tertiary/aromatic N) is 1. The molecule has 3 rings (SSSR count). The zero-order chi connectivity index (χ0) is 27.3. The number of halogens is 4. The summed E-state index contributed by atoms with van der Waals surface area (Å²) in [7, 11) is 2.96. The summed E-state index contributed by atoms with van der Waals surface area (Å²) in [4.78, 5) is 50.6. The van der Waals surface area contributed by atoms with Crippen molar-refractivity contribution in [3.8, 4) is 11.5 Å². The van der Waals surface area contributed by atoms with E-state index in [4.69, 9.17) is 60.6 Å². The van der Waals surface area contributed by atoms with Gasteiger partial charge in [-0.2, -0.15) is 0 Å². The lowest BCUT2D eigenvalue weighted by Crippen LogP contribution is -2.30. The molecule has 37 heavy (non-hydrogen) atoms. The van der Waals surface area contributed by atoms with Gasteiger partial charge in [0.2, 0.25) is 0 Å². The molecule has 0 atom stereocenters. The molecule has 9 nitrogen and oxygen atoms in total. The summed E-state index contributed by atoms with van der Waals surface area (Å²) in [6, 6.07) is 4.87. The number of hydrogen-bond donors (Lipinski definition) is 1. The summed E-state index contributed by atoms with van der Waals surface area (Å²) >= 11 is 24.2. The maximum Gasteiger partial charge on any atom is 0.306 e. The lowest BCUT2D eigenvalue weighted by molar-refractivity contribution is -0.147. The van der Waals surface area contributed by atoms with Gasteiger partial charge in [0.05, 0.1) is 51.1 Å². The van der Waals surface area contributed by atoms with Crippen LogP contribution in [0.5, 0.6) is 11.5 Å². The third-order valence-electron chi connectivity index (χ3n) is 5.49. The highest BCUT2D eigenvalue weighted by Crippen LogP contribution is 2.44. The van der Waals surface area contributed by atoms with E-state index < -0.39 is 30.3 Å². The second kappa shape index (κ2) is 12.7. The molecule has 0 unspecified atom stereocenters. The summed E-state index contributed by atoms with van der Waals surface area (Å²) in [6.45, 7) is -0.370. The molecule has 0 saturated carbocycles. The van der Waals surface area contributed by atoms with Gasteiger partial charge in [0.1, 0.15) is 11.5 Å². The molecule has 0 spiro atoms. The number of carbonyl (C=O) groups is 4. The summed E-state index contributed by atoms with van der Waals surface area (Å²) in [5, 5.41) is 2.18. The molecule has 1 heterocycles. The van der Waals surface area contributed by atoms with Crippen LogP contribution in [0.2, 0.25) is 20.1 Å². The number of carbonyl (C=O) groups excluding carboxylic acids is 4. The Hall–Kier alpha value is -2.72. The van der Waals surface area contributed by atoms with Crippen molar-refractivity contribution in [1.82, 2.24) is 4.90 Å². The largest absolute Gasteiger partial charge is 0.497 e. The van der Waals surface area contributed by atoms with Gasteiger partial charge in [0.15, 0.2) is 6.61 Å². The van der Waals surface area contributed by atoms with Crippen molar-refractivity contribution in [2.24, 2.45) is 0 Å². The number of hydrogen-bond acceptors (Lipinski definition) is 7. The predicted molar refractivity (Wildman–Crippen MR) is 139 cm³/mol. The molecule has 198 valence electrons. The molecule has 0 radical (unpaired) electrons. The minimum atomic E-state index is -0.607. The van der Waals surface area contributed by atoms with E-state index in [1.807, 2.05) is 0 Å². The molecule has 0 bridgehead atoms. The van der Waals surface area contributed by atoms with Crippen LogP contribution in [0.15, 0.2) is 18.2 Å². The maximum atomic E-state index is 12.7. The van der Waals surface area contributed by atoms with Crippen LogP contribution in [0.3, 0.4) is 0 Å². The fourth-order valence-corrected chi connectivity index (χ4v) is 4.64. The van der Waals surface area contributed by atoms with Crippen molar-refractivity contribution < 1.29 is 33.4 Å². The Labute approximate surface area is 232 Å². The van der Waals surface area contributed by atoms with Gasteiger partial charge in [-0.1, -0.05) is 52.8 Å². The summed E-state index contributed by atoms with van der Waals surface area (Å²) in [5.74, 6) is -1.34. The Morgan fingerprint density at radius 2 is 1.49 bits per heavy atom. The van der Waals surface area contributed by atoms with E-state index in [1.165, 1.54) is 14.2 Å². The van der Waals surface area contributed by atoms with Gasteiger partial charge in [0.25, 0.3) is 17.7 Å². The monoisotopic (exact) mass is 590 g/mol. The maximum absolute atomic E-state index is 12.7. The topological polar surface area (TPSA) is 111 Å². The Kier molecular flexibility index (Phi) is 9.89. The third kappa shape index (κ3) is 6.41. The first-order valence-electron chi connectivity index (χ1n) is 11.0. The first-order chi connectivity index (χ1) is 17.6. The van der Waals surface area contributed by atoms with Crippen LogP contribution in [0.1, 0.15) is 46.4 Å². The zero-order valence-corrected chi connectivity index (χ0v) is 22.8. The molecule has 0 aromatic heterocycles. The minimum Gasteiger partial charge on any atom is -0.497 e. The number of methoxy groups -OCH3 is 2.